The molecule has 1 unspecified atom stereocenters. The minimum atomic E-state index is -0.411. The van der Waals surface area contributed by atoms with Gasteiger partial charge in [0, 0.05) is 36.4 Å². The summed E-state index contributed by atoms with van der Waals surface area (Å²) in [7, 11) is 1.89. The quantitative estimate of drug-likeness (QED) is 0.688. The lowest BCUT2D eigenvalue weighted by molar-refractivity contribution is 0.100. The highest BCUT2D eigenvalue weighted by Gasteiger charge is 2.22. The lowest BCUT2D eigenvalue weighted by Crippen LogP contribution is -2.12. The van der Waals surface area contributed by atoms with Crippen molar-refractivity contribution in [1.82, 2.24) is 20.1 Å². The summed E-state index contributed by atoms with van der Waals surface area (Å²) in [6, 6.07) is 5.98. The third-order valence-electron chi connectivity index (χ3n) is 4.61. The Hall–Kier alpha value is -2.60. The number of rotatable bonds is 3. The highest BCUT2D eigenvalue weighted by molar-refractivity contribution is 6.07. The zero-order valence-electron chi connectivity index (χ0n) is 13.0. The molecule has 0 saturated carbocycles. The van der Waals surface area contributed by atoms with E-state index in [4.69, 9.17) is 5.73 Å². The van der Waals surface area contributed by atoms with E-state index >= 15 is 0 Å². The van der Waals surface area contributed by atoms with Crippen molar-refractivity contribution in [3.8, 4) is 11.3 Å². The van der Waals surface area contributed by atoms with Gasteiger partial charge in [-0.05, 0) is 36.6 Å². The van der Waals surface area contributed by atoms with E-state index in [0.717, 1.165) is 41.7 Å². The summed E-state index contributed by atoms with van der Waals surface area (Å²) in [6.45, 7) is 2.00. The van der Waals surface area contributed by atoms with Crippen molar-refractivity contribution in [2.75, 3.05) is 13.1 Å². The molecule has 1 saturated heterocycles. The van der Waals surface area contributed by atoms with Crippen molar-refractivity contribution in [2.24, 2.45) is 12.8 Å². The smallest absolute Gasteiger partial charge is 0.250 e. The molecule has 2 aromatic heterocycles. The number of aryl methyl sites for hydroxylation is 1. The molecule has 1 fully saturated rings. The maximum Gasteiger partial charge on any atom is 0.250 e. The van der Waals surface area contributed by atoms with Crippen LogP contribution in [0.1, 0.15) is 28.3 Å². The first-order valence-electron chi connectivity index (χ1n) is 7.78. The fraction of sp³-hybridized carbons (Fsp3) is 0.294. The standard InChI is InChI=1S/C17H19N5O/c1-22-9-11(8-20-22)15-6-14-12(10-4-5-19-7-10)2-3-13(17(18)23)16(14)21-15/h2-3,6,8-10,19,21H,4-5,7H2,1H3,(H2,18,23). The van der Waals surface area contributed by atoms with Crippen LogP contribution in [0.15, 0.2) is 30.6 Å². The SMILES string of the molecule is Cn1cc(-c2cc3c(C4CCNC4)ccc(C(N)=O)c3[nH]2)cn1. The summed E-state index contributed by atoms with van der Waals surface area (Å²) < 4.78 is 1.76. The van der Waals surface area contributed by atoms with Gasteiger partial charge in [-0.1, -0.05) is 6.07 Å². The van der Waals surface area contributed by atoms with E-state index in [1.54, 1.807) is 4.68 Å². The zero-order valence-corrected chi connectivity index (χ0v) is 13.0. The van der Waals surface area contributed by atoms with Gasteiger partial charge in [0.05, 0.1) is 17.3 Å². The summed E-state index contributed by atoms with van der Waals surface area (Å²) in [4.78, 5) is 15.1. The predicted molar refractivity (Wildman–Crippen MR) is 89.2 cm³/mol. The molecule has 4 rings (SSSR count). The maximum atomic E-state index is 11.8. The van der Waals surface area contributed by atoms with Gasteiger partial charge in [-0.3, -0.25) is 9.48 Å². The van der Waals surface area contributed by atoms with Crippen LogP contribution in [-0.4, -0.2) is 33.8 Å². The molecule has 4 N–H and O–H groups in total. The van der Waals surface area contributed by atoms with Crippen LogP contribution in [-0.2, 0) is 7.05 Å². The topological polar surface area (TPSA) is 88.7 Å². The third-order valence-corrected chi connectivity index (χ3v) is 4.61. The predicted octanol–water partition coefficient (Wildman–Crippen LogP) is 1.74. The molecule has 3 aromatic rings. The minimum Gasteiger partial charge on any atom is -0.366 e. The fourth-order valence-electron chi connectivity index (χ4n) is 3.44. The van der Waals surface area contributed by atoms with Crippen LogP contribution in [0.2, 0.25) is 0 Å². The van der Waals surface area contributed by atoms with Gasteiger partial charge >= 0.3 is 0 Å². The van der Waals surface area contributed by atoms with E-state index in [1.807, 2.05) is 31.6 Å². The van der Waals surface area contributed by atoms with Crippen LogP contribution in [0.3, 0.4) is 0 Å². The minimum absolute atomic E-state index is 0.411. The number of aromatic amines is 1. The highest BCUT2D eigenvalue weighted by atomic mass is 16.1. The van der Waals surface area contributed by atoms with Crippen molar-refractivity contribution in [2.45, 2.75) is 12.3 Å². The Balaban J connectivity index is 1.93. The zero-order chi connectivity index (χ0) is 16.0. The number of carbonyl (C=O) groups is 1. The molecule has 0 spiro atoms. The number of fused-ring (bicyclic) bond motifs is 1. The van der Waals surface area contributed by atoms with Crippen molar-refractivity contribution >= 4 is 16.8 Å². The van der Waals surface area contributed by atoms with E-state index in [-0.39, 0.29) is 0 Å². The molecule has 0 radical (unpaired) electrons. The van der Waals surface area contributed by atoms with Gasteiger partial charge in [0.15, 0.2) is 0 Å². The number of hydrogen-bond acceptors (Lipinski definition) is 3. The number of nitrogens with two attached hydrogens (primary N) is 1. The molecular weight excluding hydrogens is 290 g/mol. The molecule has 3 heterocycles. The van der Waals surface area contributed by atoms with E-state index in [0.29, 0.717) is 11.5 Å². The van der Waals surface area contributed by atoms with Gasteiger partial charge < -0.3 is 16.0 Å². The molecule has 1 aromatic carbocycles. The van der Waals surface area contributed by atoms with Gasteiger partial charge in [-0.2, -0.15) is 5.10 Å². The third kappa shape index (κ3) is 2.31. The maximum absolute atomic E-state index is 11.8. The second-order valence-electron chi connectivity index (χ2n) is 6.13. The Bertz CT molecular complexity index is 886. The van der Waals surface area contributed by atoms with Gasteiger partial charge in [0.1, 0.15) is 0 Å². The Morgan fingerprint density at radius 1 is 1.43 bits per heavy atom. The van der Waals surface area contributed by atoms with E-state index < -0.39 is 5.91 Å². The molecule has 0 aliphatic carbocycles. The molecule has 6 heteroatoms. The Morgan fingerprint density at radius 2 is 2.30 bits per heavy atom. The van der Waals surface area contributed by atoms with Crippen LogP contribution in [0.5, 0.6) is 0 Å². The van der Waals surface area contributed by atoms with Gasteiger partial charge in [-0.15, -0.1) is 0 Å². The van der Waals surface area contributed by atoms with Crippen LogP contribution in [0, 0.1) is 0 Å². The first-order chi connectivity index (χ1) is 11.1. The molecule has 1 aliphatic heterocycles. The molecule has 1 amide bonds. The molecule has 6 nitrogen and oxygen atoms in total. The first kappa shape index (κ1) is 14.0. The van der Waals surface area contributed by atoms with Crippen LogP contribution >= 0.6 is 0 Å². The first-order valence-corrected chi connectivity index (χ1v) is 7.78. The largest absolute Gasteiger partial charge is 0.366 e. The number of aromatic nitrogens is 3. The average molecular weight is 309 g/mol. The number of carbonyl (C=O) groups excluding carboxylic acids is 1. The molecule has 1 atom stereocenters. The fourth-order valence-corrected chi connectivity index (χ4v) is 3.44. The molecule has 118 valence electrons. The molecule has 23 heavy (non-hydrogen) atoms. The molecular formula is C17H19N5O. The van der Waals surface area contributed by atoms with E-state index in [1.165, 1.54) is 5.56 Å². The van der Waals surface area contributed by atoms with Crippen molar-refractivity contribution in [3.05, 3.63) is 41.7 Å². The highest BCUT2D eigenvalue weighted by Crippen LogP contribution is 2.34. The van der Waals surface area contributed by atoms with Gasteiger partial charge in [0.2, 0.25) is 0 Å². The lowest BCUT2D eigenvalue weighted by Gasteiger charge is -2.11. The summed E-state index contributed by atoms with van der Waals surface area (Å²) in [5, 5.41) is 8.69. The second kappa shape index (κ2) is 5.24. The number of benzene rings is 1. The van der Waals surface area contributed by atoms with Crippen molar-refractivity contribution in [1.29, 1.82) is 0 Å². The van der Waals surface area contributed by atoms with Gasteiger partial charge in [-0.25, -0.2) is 0 Å². The summed E-state index contributed by atoms with van der Waals surface area (Å²) in [5.74, 6) is 0.0580. The molecule has 1 aliphatic rings. The Kier molecular flexibility index (Phi) is 3.20. The summed E-state index contributed by atoms with van der Waals surface area (Å²) in [5.41, 5.74) is 10.1. The monoisotopic (exact) mass is 309 g/mol. The summed E-state index contributed by atoms with van der Waals surface area (Å²) in [6.07, 6.45) is 4.87. The summed E-state index contributed by atoms with van der Waals surface area (Å²) >= 11 is 0. The Labute approximate surface area is 133 Å². The normalized spacial score (nSPS) is 17.9. The second-order valence-corrected chi connectivity index (χ2v) is 6.13. The van der Waals surface area contributed by atoms with Crippen LogP contribution < -0.4 is 11.1 Å². The van der Waals surface area contributed by atoms with Crippen LogP contribution in [0.25, 0.3) is 22.2 Å². The number of nitrogens with one attached hydrogen (secondary N) is 2. The van der Waals surface area contributed by atoms with E-state index in [2.05, 4.69) is 21.5 Å². The Morgan fingerprint density at radius 3 is 2.96 bits per heavy atom. The average Bonchev–Trinajstić information content (AvgIpc) is 3.25. The number of nitrogens with zero attached hydrogens (tertiary/aromatic N) is 2. The van der Waals surface area contributed by atoms with Gasteiger partial charge in [0.25, 0.3) is 5.91 Å². The van der Waals surface area contributed by atoms with Crippen molar-refractivity contribution in [3.63, 3.8) is 0 Å². The number of hydrogen-bond donors (Lipinski definition) is 3. The van der Waals surface area contributed by atoms with Crippen molar-refractivity contribution < 1.29 is 4.79 Å². The number of H-pyrrole nitrogens is 1. The van der Waals surface area contributed by atoms with Crippen LogP contribution in [0.4, 0.5) is 0 Å². The molecule has 0 bridgehead atoms. The number of primary amides is 1. The number of amides is 1. The van der Waals surface area contributed by atoms with E-state index in [9.17, 15) is 4.79 Å². The lowest BCUT2D eigenvalue weighted by atomic mass is 9.93.